The molecule has 1 aliphatic carbocycles. The fraction of sp³-hybridized carbons (Fsp3) is 0.381. The predicted molar refractivity (Wildman–Crippen MR) is 136 cm³/mol. The number of benzene rings is 2. The molecule has 1 saturated carbocycles. The Morgan fingerprint density at radius 1 is 1.10 bits per heavy atom. The normalized spacial score (nSPS) is 15.0. The largest absolute Gasteiger partial charge is 0.495 e. The molecule has 3 unspecified atom stereocenters. The molecule has 2 aromatic rings. The number of nitrogens with one attached hydrogen (secondary N) is 2. The number of amides is 1. The molecular formula is C21H29N2O4P3S. The highest BCUT2D eigenvalue weighted by Gasteiger charge is 2.23. The lowest BCUT2D eigenvalue weighted by Gasteiger charge is -2.20. The Balaban J connectivity index is 1.77. The lowest BCUT2D eigenvalue weighted by molar-refractivity contribution is -0.117. The Morgan fingerprint density at radius 3 is 2.45 bits per heavy atom. The molecule has 0 heterocycles. The maximum Gasteiger partial charge on any atom is 0.265 e. The Morgan fingerprint density at radius 2 is 1.81 bits per heavy atom. The molecule has 1 fully saturated rings. The van der Waals surface area contributed by atoms with E-state index in [9.17, 15) is 13.2 Å². The van der Waals surface area contributed by atoms with Crippen molar-refractivity contribution in [3.05, 3.63) is 48.0 Å². The highest BCUT2D eigenvalue weighted by Crippen LogP contribution is 2.45. The minimum atomic E-state index is -3.89. The zero-order valence-corrected chi connectivity index (χ0v) is 21.7. The maximum absolute atomic E-state index is 13.0. The standard InChI is InChI=1S/C21H29N2O4P3S/c1-27-18-13-16(22-20(24)11-14-5-2-3-6-14)9-10-19(18)31(25,26)23-17-8-4-7-15(12-17)21(28,29)30/h4,7-10,12-14,23H,2-3,5-6,11,28-30H2,1H3,(H,22,24). The van der Waals surface area contributed by atoms with Crippen LogP contribution in [-0.4, -0.2) is 21.4 Å². The van der Waals surface area contributed by atoms with Crippen LogP contribution < -0.4 is 14.8 Å². The summed E-state index contributed by atoms with van der Waals surface area (Å²) in [6.07, 6.45) is 5.03. The van der Waals surface area contributed by atoms with Gasteiger partial charge in [0.2, 0.25) is 5.91 Å². The fourth-order valence-electron chi connectivity index (χ4n) is 3.72. The Kier molecular flexibility index (Phi) is 7.97. The van der Waals surface area contributed by atoms with E-state index in [1.165, 1.54) is 32.1 Å². The van der Waals surface area contributed by atoms with Crippen molar-refractivity contribution in [2.75, 3.05) is 17.1 Å². The van der Waals surface area contributed by atoms with Crippen LogP contribution in [0.5, 0.6) is 5.75 Å². The van der Waals surface area contributed by atoms with Crippen LogP contribution in [0.1, 0.15) is 37.7 Å². The second-order valence-electron chi connectivity index (χ2n) is 7.89. The van der Waals surface area contributed by atoms with Crippen LogP contribution in [0.25, 0.3) is 0 Å². The topological polar surface area (TPSA) is 84.5 Å². The SMILES string of the molecule is COc1cc(NC(=O)CC2CCCC2)ccc1S(=O)(=O)Nc1cccc(C(P)(P)P)c1. The molecule has 0 spiro atoms. The second-order valence-corrected chi connectivity index (χ2v) is 14.4. The number of methoxy groups -OCH3 is 1. The summed E-state index contributed by atoms with van der Waals surface area (Å²) in [5.74, 6) is 0.542. The number of ether oxygens (including phenoxy) is 1. The molecular weight excluding hydrogens is 469 g/mol. The van der Waals surface area contributed by atoms with Crippen LogP contribution in [0, 0.1) is 5.92 Å². The van der Waals surface area contributed by atoms with E-state index < -0.39 is 10.0 Å². The van der Waals surface area contributed by atoms with Gasteiger partial charge in [0.05, 0.1) is 7.11 Å². The van der Waals surface area contributed by atoms with Gasteiger partial charge in [-0.05, 0) is 48.6 Å². The predicted octanol–water partition coefficient (Wildman–Crippen LogP) is 4.75. The summed E-state index contributed by atoms with van der Waals surface area (Å²) in [6, 6.07) is 11.7. The van der Waals surface area contributed by atoms with Gasteiger partial charge in [-0.3, -0.25) is 9.52 Å². The van der Waals surface area contributed by atoms with Crippen molar-refractivity contribution >= 4 is 55.0 Å². The summed E-state index contributed by atoms with van der Waals surface area (Å²) in [5, 5.41) is 2.85. The number of sulfonamides is 1. The lowest BCUT2D eigenvalue weighted by Crippen LogP contribution is -2.17. The minimum absolute atomic E-state index is 0.00285. The lowest BCUT2D eigenvalue weighted by atomic mass is 10.0. The molecule has 1 amide bonds. The van der Waals surface area contributed by atoms with Crippen LogP contribution >= 0.6 is 27.7 Å². The molecule has 6 nitrogen and oxygen atoms in total. The zero-order chi connectivity index (χ0) is 22.6. The fourth-order valence-corrected chi connectivity index (χ4v) is 5.46. The molecule has 0 saturated heterocycles. The van der Waals surface area contributed by atoms with Crippen molar-refractivity contribution in [1.82, 2.24) is 0 Å². The van der Waals surface area contributed by atoms with E-state index >= 15 is 0 Å². The van der Waals surface area contributed by atoms with Crippen molar-refractivity contribution < 1.29 is 17.9 Å². The number of rotatable bonds is 8. The Bertz CT molecular complexity index is 1050. The summed E-state index contributed by atoms with van der Waals surface area (Å²) >= 11 is 0. The highest BCUT2D eigenvalue weighted by atomic mass is 32.2. The molecule has 2 aromatic carbocycles. The zero-order valence-electron chi connectivity index (χ0n) is 17.4. The van der Waals surface area contributed by atoms with E-state index in [2.05, 4.69) is 37.8 Å². The van der Waals surface area contributed by atoms with Gasteiger partial charge in [0.25, 0.3) is 10.0 Å². The molecule has 10 heteroatoms. The van der Waals surface area contributed by atoms with E-state index in [4.69, 9.17) is 4.74 Å². The molecule has 2 N–H and O–H groups in total. The van der Waals surface area contributed by atoms with E-state index in [0.29, 0.717) is 23.7 Å². The van der Waals surface area contributed by atoms with Gasteiger partial charge < -0.3 is 10.1 Å². The van der Waals surface area contributed by atoms with E-state index in [1.807, 2.05) is 6.07 Å². The second kappa shape index (κ2) is 10.1. The number of carbonyl (C=O) groups is 1. The number of hydrogen-bond donors (Lipinski definition) is 2. The van der Waals surface area contributed by atoms with Crippen molar-refractivity contribution in [2.45, 2.75) is 41.6 Å². The van der Waals surface area contributed by atoms with Crippen LogP contribution in [0.4, 0.5) is 11.4 Å². The molecule has 0 aliphatic heterocycles. The van der Waals surface area contributed by atoms with Gasteiger partial charge in [-0.2, -0.15) is 0 Å². The van der Waals surface area contributed by atoms with Gasteiger partial charge in [0, 0.05) is 28.5 Å². The average Bonchev–Trinajstić information content (AvgIpc) is 3.19. The summed E-state index contributed by atoms with van der Waals surface area (Å²) in [5.41, 5.74) is 1.88. The van der Waals surface area contributed by atoms with Crippen LogP contribution in [0.3, 0.4) is 0 Å². The van der Waals surface area contributed by atoms with Crippen molar-refractivity contribution in [1.29, 1.82) is 0 Å². The third-order valence-electron chi connectivity index (χ3n) is 5.30. The highest BCUT2D eigenvalue weighted by molar-refractivity contribution is 7.92. The molecule has 168 valence electrons. The molecule has 0 radical (unpaired) electrons. The van der Waals surface area contributed by atoms with E-state index in [0.717, 1.165) is 18.4 Å². The van der Waals surface area contributed by atoms with E-state index in [-0.39, 0.29) is 21.2 Å². The van der Waals surface area contributed by atoms with Gasteiger partial charge >= 0.3 is 0 Å². The van der Waals surface area contributed by atoms with Crippen molar-refractivity contribution in [3.63, 3.8) is 0 Å². The summed E-state index contributed by atoms with van der Waals surface area (Å²) in [6.45, 7) is 0. The van der Waals surface area contributed by atoms with Gasteiger partial charge in [0.15, 0.2) is 0 Å². The number of anilines is 2. The van der Waals surface area contributed by atoms with Crippen LogP contribution in [0.15, 0.2) is 47.4 Å². The van der Waals surface area contributed by atoms with Gasteiger partial charge in [-0.25, -0.2) is 8.42 Å². The number of hydrogen-bond acceptors (Lipinski definition) is 4. The first-order valence-corrected chi connectivity index (χ1v) is 13.3. The number of carbonyl (C=O) groups excluding carboxylic acids is 1. The van der Waals surface area contributed by atoms with Crippen LogP contribution in [-0.2, 0) is 19.5 Å². The molecule has 1 aliphatic rings. The minimum Gasteiger partial charge on any atom is -0.495 e. The summed E-state index contributed by atoms with van der Waals surface area (Å²) < 4.78 is 33.6. The quantitative estimate of drug-likeness (QED) is 0.515. The molecule has 3 rings (SSSR count). The van der Waals surface area contributed by atoms with Gasteiger partial charge in [-0.1, -0.05) is 25.0 Å². The molecule has 31 heavy (non-hydrogen) atoms. The summed E-state index contributed by atoms with van der Waals surface area (Å²) in [7, 11) is 5.54. The smallest absolute Gasteiger partial charge is 0.265 e. The first-order valence-electron chi connectivity index (χ1n) is 10.1. The molecule has 0 bridgehead atoms. The first kappa shape index (κ1) is 24.4. The van der Waals surface area contributed by atoms with Crippen LogP contribution in [0.2, 0.25) is 0 Å². The first-order chi connectivity index (χ1) is 14.6. The Labute approximate surface area is 191 Å². The average molecular weight is 498 g/mol. The third kappa shape index (κ3) is 6.62. The molecule has 0 aromatic heterocycles. The van der Waals surface area contributed by atoms with Crippen molar-refractivity contribution in [3.8, 4) is 5.75 Å². The van der Waals surface area contributed by atoms with Gasteiger partial charge in [-0.15, -0.1) is 27.7 Å². The third-order valence-corrected chi connectivity index (χ3v) is 7.72. The molecule has 3 atom stereocenters. The summed E-state index contributed by atoms with van der Waals surface area (Å²) in [4.78, 5) is 12.3. The monoisotopic (exact) mass is 498 g/mol. The Hall–Kier alpha value is -1.25. The van der Waals surface area contributed by atoms with E-state index in [1.54, 1.807) is 24.3 Å². The van der Waals surface area contributed by atoms with Crippen molar-refractivity contribution in [2.24, 2.45) is 5.92 Å². The maximum atomic E-state index is 13.0. The van der Waals surface area contributed by atoms with Gasteiger partial charge in [0.1, 0.15) is 10.6 Å².